The summed E-state index contributed by atoms with van der Waals surface area (Å²) in [5.41, 5.74) is 4.00. The van der Waals surface area contributed by atoms with Gasteiger partial charge in [0.15, 0.2) is 6.61 Å². The van der Waals surface area contributed by atoms with E-state index >= 15 is 0 Å². The molecule has 0 radical (unpaired) electrons. The molecule has 1 aliphatic rings. The van der Waals surface area contributed by atoms with Gasteiger partial charge in [0, 0.05) is 17.6 Å². The zero-order valence-corrected chi connectivity index (χ0v) is 20.2. The van der Waals surface area contributed by atoms with Crippen molar-refractivity contribution in [1.29, 1.82) is 0 Å². The molecule has 0 unspecified atom stereocenters. The van der Waals surface area contributed by atoms with E-state index in [9.17, 15) is 9.59 Å². The lowest BCUT2D eigenvalue weighted by molar-refractivity contribution is -0.142. The highest BCUT2D eigenvalue weighted by Gasteiger charge is 2.29. The minimum absolute atomic E-state index is 0.139. The Hall–Kier alpha value is -2.53. The summed E-state index contributed by atoms with van der Waals surface area (Å²) in [5, 5.41) is 3.67. The predicted molar refractivity (Wildman–Crippen MR) is 128 cm³/mol. The van der Waals surface area contributed by atoms with Crippen LogP contribution < -0.4 is 10.1 Å². The first-order valence-electron chi connectivity index (χ1n) is 11.3. The van der Waals surface area contributed by atoms with E-state index in [-0.39, 0.29) is 31.0 Å². The van der Waals surface area contributed by atoms with Crippen LogP contribution in [0.25, 0.3) is 0 Å². The van der Waals surface area contributed by atoms with E-state index in [1.165, 1.54) is 0 Å². The highest BCUT2D eigenvalue weighted by Crippen LogP contribution is 2.24. The van der Waals surface area contributed by atoms with Gasteiger partial charge in [0.1, 0.15) is 11.8 Å². The standard InChI is InChI=1S/C26H33ClN2O3/c1-17-13-18(2)19(3)24(14-17)32-16-25(30)29(15-21-9-5-8-12-23(21)27)20(4)26(31)28-22-10-6-7-11-22/h5,8-9,12-14,20,22H,6-7,10-11,15-16H2,1-4H3,(H,28,31)/t20-/m0/s1. The van der Waals surface area contributed by atoms with Crippen molar-refractivity contribution in [3.05, 3.63) is 63.7 Å². The van der Waals surface area contributed by atoms with Crippen LogP contribution in [0.5, 0.6) is 5.75 Å². The first-order chi connectivity index (χ1) is 15.3. The lowest BCUT2D eigenvalue weighted by Crippen LogP contribution is -2.50. The molecule has 5 nitrogen and oxygen atoms in total. The first kappa shape index (κ1) is 24.1. The van der Waals surface area contributed by atoms with E-state index in [2.05, 4.69) is 11.4 Å². The van der Waals surface area contributed by atoms with E-state index in [1.54, 1.807) is 17.9 Å². The van der Waals surface area contributed by atoms with Crippen molar-refractivity contribution in [2.24, 2.45) is 0 Å². The Morgan fingerprint density at radius 1 is 1.16 bits per heavy atom. The molecule has 0 heterocycles. The summed E-state index contributed by atoms with van der Waals surface area (Å²) in [6.45, 7) is 7.87. The molecule has 32 heavy (non-hydrogen) atoms. The highest BCUT2D eigenvalue weighted by atomic mass is 35.5. The molecule has 0 bridgehead atoms. The number of hydrogen-bond donors (Lipinski definition) is 1. The largest absolute Gasteiger partial charge is 0.483 e. The topological polar surface area (TPSA) is 58.6 Å². The van der Waals surface area contributed by atoms with Crippen LogP contribution in [0, 0.1) is 20.8 Å². The fourth-order valence-corrected chi connectivity index (χ4v) is 4.35. The number of rotatable bonds is 8. The number of nitrogens with one attached hydrogen (secondary N) is 1. The van der Waals surface area contributed by atoms with Gasteiger partial charge in [-0.3, -0.25) is 9.59 Å². The smallest absolute Gasteiger partial charge is 0.261 e. The number of aryl methyl sites for hydroxylation is 2. The molecule has 1 saturated carbocycles. The summed E-state index contributed by atoms with van der Waals surface area (Å²) in [5.74, 6) is 0.300. The lowest BCUT2D eigenvalue weighted by atomic mass is 10.1. The van der Waals surface area contributed by atoms with E-state index in [4.69, 9.17) is 16.3 Å². The SMILES string of the molecule is Cc1cc(C)c(C)c(OCC(=O)N(Cc2ccccc2Cl)[C@@H](C)C(=O)NC2CCCC2)c1. The van der Waals surface area contributed by atoms with Gasteiger partial charge in [-0.1, -0.05) is 48.7 Å². The fourth-order valence-electron chi connectivity index (χ4n) is 4.16. The number of hydrogen-bond acceptors (Lipinski definition) is 3. The zero-order valence-electron chi connectivity index (χ0n) is 19.4. The molecule has 3 rings (SSSR count). The molecule has 2 aromatic carbocycles. The average Bonchev–Trinajstić information content (AvgIpc) is 3.27. The van der Waals surface area contributed by atoms with Gasteiger partial charge in [0.05, 0.1) is 0 Å². The molecular weight excluding hydrogens is 424 g/mol. The van der Waals surface area contributed by atoms with Crippen molar-refractivity contribution in [1.82, 2.24) is 10.2 Å². The number of halogens is 1. The van der Waals surface area contributed by atoms with Crippen LogP contribution in [0.3, 0.4) is 0 Å². The van der Waals surface area contributed by atoms with Crippen molar-refractivity contribution < 1.29 is 14.3 Å². The van der Waals surface area contributed by atoms with E-state index in [0.29, 0.717) is 10.8 Å². The van der Waals surface area contributed by atoms with Crippen molar-refractivity contribution in [2.45, 2.75) is 72.0 Å². The van der Waals surface area contributed by atoms with Crippen molar-refractivity contribution in [3.8, 4) is 5.75 Å². The summed E-state index contributed by atoms with van der Waals surface area (Å²) in [6, 6.07) is 11.0. The Labute approximate surface area is 196 Å². The Bertz CT molecular complexity index is 970. The molecule has 0 saturated heterocycles. The number of ether oxygens (including phenoxy) is 1. The quantitative estimate of drug-likeness (QED) is 0.599. The molecule has 2 amide bonds. The number of amides is 2. The van der Waals surface area contributed by atoms with Gasteiger partial charge in [-0.15, -0.1) is 0 Å². The zero-order chi connectivity index (χ0) is 23.3. The van der Waals surface area contributed by atoms with Gasteiger partial charge in [-0.05, 0) is 74.9 Å². The summed E-state index contributed by atoms with van der Waals surface area (Å²) < 4.78 is 5.92. The number of nitrogens with zero attached hydrogens (tertiary/aromatic N) is 1. The van der Waals surface area contributed by atoms with Gasteiger partial charge in [0.25, 0.3) is 5.91 Å². The second-order valence-electron chi connectivity index (χ2n) is 8.77. The van der Waals surface area contributed by atoms with Crippen LogP contribution in [-0.2, 0) is 16.1 Å². The number of carbonyl (C=O) groups is 2. The molecule has 1 N–H and O–H groups in total. The van der Waals surface area contributed by atoms with Gasteiger partial charge < -0.3 is 15.0 Å². The van der Waals surface area contributed by atoms with Crippen molar-refractivity contribution in [3.63, 3.8) is 0 Å². The van der Waals surface area contributed by atoms with Crippen LogP contribution >= 0.6 is 11.6 Å². The second-order valence-corrected chi connectivity index (χ2v) is 9.18. The molecule has 0 spiro atoms. The maximum atomic E-state index is 13.3. The Kier molecular flexibility index (Phi) is 8.19. The molecule has 1 aliphatic carbocycles. The Balaban J connectivity index is 1.76. The normalized spacial score (nSPS) is 14.8. The van der Waals surface area contributed by atoms with Gasteiger partial charge in [-0.2, -0.15) is 0 Å². The maximum Gasteiger partial charge on any atom is 0.261 e. The third kappa shape index (κ3) is 6.04. The lowest BCUT2D eigenvalue weighted by Gasteiger charge is -2.30. The van der Waals surface area contributed by atoms with Gasteiger partial charge >= 0.3 is 0 Å². The summed E-state index contributed by atoms with van der Waals surface area (Å²) in [4.78, 5) is 27.8. The van der Waals surface area contributed by atoms with Crippen molar-refractivity contribution in [2.75, 3.05) is 6.61 Å². The molecule has 0 aliphatic heterocycles. The minimum atomic E-state index is -0.636. The molecule has 172 valence electrons. The Morgan fingerprint density at radius 3 is 2.53 bits per heavy atom. The molecule has 1 atom stereocenters. The van der Waals surface area contributed by atoms with Crippen LogP contribution in [0.2, 0.25) is 5.02 Å². The molecular formula is C26H33ClN2O3. The second kappa shape index (κ2) is 10.9. The highest BCUT2D eigenvalue weighted by molar-refractivity contribution is 6.31. The average molecular weight is 457 g/mol. The third-order valence-electron chi connectivity index (χ3n) is 6.28. The summed E-state index contributed by atoms with van der Waals surface area (Å²) in [7, 11) is 0. The first-order valence-corrected chi connectivity index (χ1v) is 11.7. The number of carbonyl (C=O) groups excluding carboxylic acids is 2. The van der Waals surface area contributed by atoms with Crippen molar-refractivity contribution >= 4 is 23.4 Å². The summed E-state index contributed by atoms with van der Waals surface area (Å²) in [6.07, 6.45) is 4.24. The molecule has 6 heteroatoms. The van der Waals surface area contributed by atoms with E-state index < -0.39 is 6.04 Å². The van der Waals surface area contributed by atoms with Crippen LogP contribution in [0.1, 0.15) is 54.9 Å². The molecule has 0 aromatic heterocycles. The molecule has 1 fully saturated rings. The van der Waals surface area contributed by atoms with E-state index in [1.807, 2.05) is 45.0 Å². The Morgan fingerprint density at radius 2 is 1.84 bits per heavy atom. The van der Waals surface area contributed by atoms with Crippen LogP contribution in [0.4, 0.5) is 0 Å². The fraction of sp³-hybridized carbons (Fsp3) is 0.462. The van der Waals surface area contributed by atoms with Gasteiger partial charge in [0.2, 0.25) is 5.91 Å². The molecule has 2 aromatic rings. The van der Waals surface area contributed by atoms with Gasteiger partial charge in [-0.25, -0.2) is 0 Å². The summed E-state index contributed by atoms with van der Waals surface area (Å²) >= 11 is 6.35. The predicted octanol–water partition coefficient (Wildman–Crippen LogP) is 5.12. The van der Waals surface area contributed by atoms with E-state index in [0.717, 1.165) is 47.9 Å². The van der Waals surface area contributed by atoms with Crippen LogP contribution in [-0.4, -0.2) is 35.4 Å². The minimum Gasteiger partial charge on any atom is -0.483 e. The maximum absolute atomic E-state index is 13.3. The third-order valence-corrected chi connectivity index (χ3v) is 6.65. The monoisotopic (exact) mass is 456 g/mol. The van der Waals surface area contributed by atoms with Crippen LogP contribution in [0.15, 0.2) is 36.4 Å². The number of benzene rings is 2.